The van der Waals surface area contributed by atoms with Gasteiger partial charge in [0.2, 0.25) is 0 Å². The lowest BCUT2D eigenvalue weighted by molar-refractivity contribution is 0.195. The summed E-state index contributed by atoms with van der Waals surface area (Å²) in [7, 11) is -3.33. The highest BCUT2D eigenvalue weighted by Crippen LogP contribution is 2.29. The van der Waals surface area contributed by atoms with Crippen molar-refractivity contribution in [2.45, 2.75) is 49.2 Å². The lowest BCUT2D eigenvalue weighted by Gasteiger charge is -2.31. The lowest BCUT2D eigenvalue weighted by Crippen LogP contribution is -2.37. The molecule has 0 aromatic heterocycles. The van der Waals surface area contributed by atoms with Crippen molar-refractivity contribution >= 4 is 9.84 Å². The Hall–Kier alpha value is -2.09. The fourth-order valence-corrected chi connectivity index (χ4v) is 5.43. The van der Waals surface area contributed by atoms with Gasteiger partial charge in [-0.1, -0.05) is 48.2 Å². The van der Waals surface area contributed by atoms with E-state index >= 15 is 0 Å². The summed E-state index contributed by atoms with van der Waals surface area (Å²) in [5.74, 6) is 7.12. The zero-order chi connectivity index (χ0) is 20.7. The molecule has 2 aromatic carbocycles. The summed E-state index contributed by atoms with van der Waals surface area (Å²) in [6.45, 7) is 6.68. The van der Waals surface area contributed by atoms with Crippen LogP contribution in [0.25, 0.3) is 0 Å². The van der Waals surface area contributed by atoms with Gasteiger partial charge < -0.3 is 4.90 Å². The molecule has 1 saturated heterocycles. The van der Waals surface area contributed by atoms with E-state index in [0.29, 0.717) is 17.2 Å². The van der Waals surface area contributed by atoms with Gasteiger partial charge in [-0.15, -0.1) is 0 Å². The second-order valence-electron chi connectivity index (χ2n) is 8.45. The number of hydrogen-bond acceptors (Lipinski definition) is 3. The smallest absolute Gasteiger partial charge is 0.183 e. The van der Waals surface area contributed by atoms with Gasteiger partial charge in [-0.3, -0.25) is 0 Å². The third-order valence-electron chi connectivity index (χ3n) is 5.73. The molecule has 29 heavy (non-hydrogen) atoms. The summed E-state index contributed by atoms with van der Waals surface area (Å²) in [6.07, 6.45) is 3.82. The van der Waals surface area contributed by atoms with E-state index in [1.807, 2.05) is 50.2 Å². The van der Waals surface area contributed by atoms with Crippen LogP contribution in [0.5, 0.6) is 0 Å². The van der Waals surface area contributed by atoms with E-state index in [2.05, 4.69) is 16.7 Å². The molecular formula is C25H31NO2S. The molecule has 1 aliphatic heterocycles. The van der Waals surface area contributed by atoms with Crippen LogP contribution in [0.4, 0.5) is 0 Å². The van der Waals surface area contributed by atoms with Crippen LogP contribution in [0, 0.1) is 17.8 Å². The first-order valence-electron chi connectivity index (χ1n) is 10.5. The summed E-state index contributed by atoms with van der Waals surface area (Å²) >= 11 is 0. The van der Waals surface area contributed by atoms with Crippen molar-refractivity contribution in [3.8, 4) is 11.8 Å². The quantitative estimate of drug-likeness (QED) is 0.644. The Morgan fingerprint density at radius 3 is 2.38 bits per heavy atom. The maximum absolute atomic E-state index is 13.0. The maximum Gasteiger partial charge on any atom is 0.183 e. The van der Waals surface area contributed by atoms with E-state index < -0.39 is 14.6 Å². The maximum atomic E-state index is 13.0. The Morgan fingerprint density at radius 1 is 1.03 bits per heavy atom. The van der Waals surface area contributed by atoms with Crippen LogP contribution in [0.15, 0.2) is 65.6 Å². The topological polar surface area (TPSA) is 37.4 Å². The van der Waals surface area contributed by atoms with Crippen LogP contribution < -0.4 is 0 Å². The summed E-state index contributed by atoms with van der Waals surface area (Å²) in [6, 6.07) is 18.9. The van der Waals surface area contributed by atoms with Crippen LogP contribution in [0.1, 0.15) is 45.1 Å². The number of benzene rings is 2. The van der Waals surface area contributed by atoms with Crippen molar-refractivity contribution in [2.24, 2.45) is 5.92 Å². The van der Waals surface area contributed by atoms with Gasteiger partial charge in [-0.05, 0) is 76.9 Å². The molecule has 0 amide bonds. The van der Waals surface area contributed by atoms with E-state index in [4.69, 9.17) is 0 Å². The predicted octanol–water partition coefficient (Wildman–Crippen LogP) is 4.78. The highest BCUT2D eigenvalue weighted by molar-refractivity contribution is 7.92. The number of hydrogen-bond donors (Lipinski definition) is 0. The van der Waals surface area contributed by atoms with Gasteiger partial charge in [-0.2, -0.15) is 0 Å². The largest absolute Gasteiger partial charge is 0.302 e. The Labute approximate surface area is 176 Å². The zero-order valence-electron chi connectivity index (χ0n) is 17.5. The van der Waals surface area contributed by atoms with Gasteiger partial charge in [0, 0.05) is 18.0 Å². The number of piperidine rings is 1. The third kappa shape index (κ3) is 5.72. The minimum absolute atomic E-state index is 0.394. The molecule has 1 unspecified atom stereocenters. The fourth-order valence-electron chi connectivity index (χ4n) is 3.86. The van der Waals surface area contributed by atoms with Crippen molar-refractivity contribution < 1.29 is 8.42 Å². The van der Waals surface area contributed by atoms with E-state index in [0.717, 1.165) is 44.5 Å². The van der Waals surface area contributed by atoms with Crippen LogP contribution in [0.2, 0.25) is 0 Å². The molecule has 3 nitrogen and oxygen atoms in total. The number of likely N-dealkylation sites (tertiary alicyclic amines) is 1. The molecule has 4 heteroatoms. The Balaban J connectivity index is 1.53. The summed E-state index contributed by atoms with van der Waals surface area (Å²) in [5.41, 5.74) is 1.07. The van der Waals surface area contributed by atoms with Crippen molar-refractivity contribution in [1.82, 2.24) is 4.90 Å². The van der Waals surface area contributed by atoms with Gasteiger partial charge in [0.25, 0.3) is 0 Å². The number of nitrogens with zero attached hydrogens (tertiary/aromatic N) is 1. The van der Waals surface area contributed by atoms with Crippen LogP contribution in [-0.2, 0) is 9.84 Å². The number of sulfone groups is 1. The second kappa shape index (κ2) is 9.61. The molecule has 1 atom stereocenters. The first kappa shape index (κ1) is 21.6. The van der Waals surface area contributed by atoms with Crippen molar-refractivity contribution in [3.05, 3.63) is 66.2 Å². The van der Waals surface area contributed by atoms with Crippen LogP contribution in [0.3, 0.4) is 0 Å². The van der Waals surface area contributed by atoms with Gasteiger partial charge in [-0.25, -0.2) is 8.42 Å². The van der Waals surface area contributed by atoms with E-state index in [1.165, 1.54) is 0 Å². The zero-order valence-corrected chi connectivity index (χ0v) is 18.3. The highest BCUT2D eigenvalue weighted by atomic mass is 32.2. The normalized spacial score (nSPS) is 18.1. The van der Waals surface area contributed by atoms with Crippen molar-refractivity contribution in [1.29, 1.82) is 0 Å². The molecule has 0 N–H and O–H groups in total. The fraction of sp³-hybridized carbons (Fsp3) is 0.440. The summed E-state index contributed by atoms with van der Waals surface area (Å²) in [5, 5.41) is 0. The first-order valence-corrected chi connectivity index (χ1v) is 12.0. The SMILES string of the molecule is CC(C)(CCCN1CCCC(C#Cc2ccccc2)C1)S(=O)(=O)c1ccccc1. The first-order chi connectivity index (χ1) is 13.9. The molecule has 2 aromatic rings. The molecule has 0 spiro atoms. The second-order valence-corrected chi connectivity index (χ2v) is 11.0. The number of rotatable bonds is 6. The predicted molar refractivity (Wildman–Crippen MR) is 119 cm³/mol. The molecule has 154 valence electrons. The minimum Gasteiger partial charge on any atom is -0.302 e. The molecule has 1 fully saturated rings. The molecule has 0 radical (unpaired) electrons. The van der Waals surface area contributed by atoms with Gasteiger partial charge in [0.1, 0.15) is 0 Å². The molecule has 0 saturated carbocycles. The lowest BCUT2D eigenvalue weighted by atomic mass is 9.97. The molecule has 0 aliphatic carbocycles. The molecule has 3 rings (SSSR count). The third-order valence-corrected chi connectivity index (χ3v) is 8.29. The van der Waals surface area contributed by atoms with Crippen molar-refractivity contribution in [2.75, 3.05) is 19.6 Å². The summed E-state index contributed by atoms with van der Waals surface area (Å²) in [4.78, 5) is 2.86. The van der Waals surface area contributed by atoms with Gasteiger partial charge >= 0.3 is 0 Å². The minimum atomic E-state index is -3.33. The Kier molecular flexibility index (Phi) is 7.16. The van der Waals surface area contributed by atoms with E-state index in [1.54, 1.807) is 24.3 Å². The molecular weight excluding hydrogens is 378 g/mol. The van der Waals surface area contributed by atoms with E-state index in [9.17, 15) is 8.42 Å². The van der Waals surface area contributed by atoms with Gasteiger partial charge in [0.05, 0.1) is 9.64 Å². The monoisotopic (exact) mass is 409 g/mol. The average Bonchev–Trinajstić information content (AvgIpc) is 2.74. The van der Waals surface area contributed by atoms with Crippen LogP contribution >= 0.6 is 0 Å². The summed E-state index contributed by atoms with van der Waals surface area (Å²) < 4.78 is 25.2. The standard InChI is InChI=1S/C25H31NO2S/c1-25(2,29(27,28)24-14-7-4-8-15-24)18-10-20-26-19-9-13-23(21-26)17-16-22-11-5-3-6-12-22/h3-8,11-12,14-15,23H,9-10,13,18-21H2,1-2H3. The van der Waals surface area contributed by atoms with Crippen LogP contribution in [-0.4, -0.2) is 37.7 Å². The Bertz CT molecular complexity index is 941. The van der Waals surface area contributed by atoms with Gasteiger partial charge in [0.15, 0.2) is 9.84 Å². The molecule has 1 aliphatic rings. The average molecular weight is 410 g/mol. The van der Waals surface area contributed by atoms with Crippen molar-refractivity contribution in [3.63, 3.8) is 0 Å². The van der Waals surface area contributed by atoms with E-state index in [-0.39, 0.29) is 0 Å². The Morgan fingerprint density at radius 2 is 1.69 bits per heavy atom. The highest BCUT2D eigenvalue weighted by Gasteiger charge is 2.35. The molecule has 0 bridgehead atoms. The molecule has 1 heterocycles.